The van der Waals surface area contributed by atoms with Crippen molar-refractivity contribution in [3.63, 3.8) is 0 Å². The minimum absolute atomic E-state index is 0.0238. The maximum Gasteiger partial charge on any atom is 0.244 e. The van der Waals surface area contributed by atoms with Gasteiger partial charge in [-0.15, -0.1) is 0 Å². The first-order valence-corrected chi connectivity index (χ1v) is 9.18. The molecule has 0 aromatic heterocycles. The highest BCUT2D eigenvalue weighted by atomic mass is 32.2. The zero-order valence-electron chi connectivity index (χ0n) is 14.4. The molecular formula is C18H20N2O5S. The normalized spacial score (nSPS) is 11.3. The van der Waals surface area contributed by atoms with E-state index in [1.54, 1.807) is 36.4 Å². The maximum atomic E-state index is 12.0. The van der Waals surface area contributed by atoms with Crippen LogP contribution in [0, 0.1) is 0 Å². The van der Waals surface area contributed by atoms with Crippen LogP contribution in [0.3, 0.4) is 0 Å². The molecule has 0 fully saturated rings. The van der Waals surface area contributed by atoms with Crippen molar-refractivity contribution in [2.24, 2.45) is 5.14 Å². The molecule has 2 aromatic rings. The van der Waals surface area contributed by atoms with E-state index >= 15 is 0 Å². The Kier molecular flexibility index (Phi) is 6.37. The number of sulfonamides is 1. The number of primary sulfonamides is 1. The molecule has 0 saturated carbocycles. The lowest BCUT2D eigenvalue weighted by atomic mass is 10.1. The van der Waals surface area contributed by atoms with Crippen LogP contribution in [0.15, 0.2) is 53.4 Å². The predicted molar refractivity (Wildman–Crippen MR) is 98.2 cm³/mol. The lowest BCUT2D eigenvalue weighted by Crippen LogP contribution is -2.20. The Morgan fingerprint density at radius 1 is 1.08 bits per heavy atom. The maximum absolute atomic E-state index is 12.0. The number of nitrogens with one attached hydrogen (secondary N) is 1. The van der Waals surface area contributed by atoms with Crippen molar-refractivity contribution in [1.29, 1.82) is 0 Å². The van der Waals surface area contributed by atoms with Crippen molar-refractivity contribution in [3.05, 3.63) is 59.7 Å². The molecule has 1 amide bonds. The van der Waals surface area contributed by atoms with Gasteiger partial charge in [-0.2, -0.15) is 0 Å². The Morgan fingerprint density at radius 3 is 2.15 bits per heavy atom. The molecular weight excluding hydrogens is 356 g/mol. The molecule has 0 heterocycles. The minimum atomic E-state index is -3.73. The summed E-state index contributed by atoms with van der Waals surface area (Å²) in [5.74, 6) is 0.868. The highest BCUT2D eigenvalue weighted by molar-refractivity contribution is 7.89. The number of benzene rings is 2. The summed E-state index contributed by atoms with van der Waals surface area (Å²) in [4.78, 5) is 12.0. The van der Waals surface area contributed by atoms with Crippen LogP contribution in [-0.4, -0.2) is 28.5 Å². The van der Waals surface area contributed by atoms with Crippen LogP contribution in [0.1, 0.15) is 11.1 Å². The van der Waals surface area contributed by atoms with E-state index in [4.69, 9.17) is 14.6 Å². The molecule has 7 nitrogen and oxygen atoms in total. The molecule has 2 rings (SSSR count). The van der Waals surface area contributed by atoms with Crippen molar-refractivity contribution in [2.75, 3.05) is 14.2 Å². The number of rotatable bonds is 7. The molecule has 0 unspecified atom stereocenters. The molecule has 26 heavy (non-hydrogen) atoms. The fraction of sp³-hybridized carbons (Fsp3) is 0.167. The molecule has 0 bridgehead atoms. The van der Waals surface area contributed by atoms with Gasteiger partial charge >= 0.3 is 0 Å². The van der Waals surface area contributed by atoms with Gasteiger partial charge in [0.05, 0.1) is 24.7 Å². The van der Waals surface area contributed by atoms with Crippen LogP contribution in [0.2, 0.25) is 0 Å². The van der Waals surface area contributed by atoms with E-state index in [0.29, 0.717) is 17.1 Å². The molecule has 0 aliphatic heterocycles. The number of methoxy groups -OCH3 is 2. The Labute approximate surface area is 152 Å². The monoisotopic (exact) mass is 376 g/mol. The van der Waals surface area contributed by atoms with Crippen molar-refractivity contribution < 1.29 is 22.7 Å². The number of hydrogen-bond acceptors (Lipinski definition) is 5. The average Bonchev–Trinajstić information content (AvgIpc) is 2.63. The van der Waals surface area contributed by atoms with Crippen LogP contribution in [0.4, 0.5) is 0 Å². The van der Waals surface area contributed by atoms with Gasteiger partial charge in [0, 0.05) is 12.6 Å². The Morgan fingerprint density at radius 2 is 1.65 bits per heavy atom. The second-order valence-corrected chi connectivity index (χ2v) is 6.88. The van der Waals surface area contributed by atoms with Crippen LogP contribution >= 0.6 is 0 Å². The van der Waals surface area contributed by atoms with Crippen molar-refractivity contribution >= 4 is 22.0 Å². The number of hydrogen-bond donors (Lipinski definition) is 2. The highest BCUT2D eigenvalue weighted by Crippen LogP contribution is 2.29. The molecule has 0 radical (unpaired) electrons. The zero-order chi connectivity index (χ0) is 19.2. The largest absolute Gasteiger partial charge is 0.496 e. The Balaban J connectivity index is 2.02. The van der Waals surface area contributed by atoms with Gasteiger partial charge in [-0.3, -0.25) is 4.79 Å². The average molecular weight is 376 g/mol. The minimum Gasteiger partial charge on any atom is -0.496 e. The predicted octanol–water partition coefficient (Wildman–Crippen LogP) is 1.68. The summed E-state index contributed by atoms with van der Waals surface area (Å²) >= 11 is 0. The smallest absolute Gasteiger partial charge is 0.244 e. The van der Waals surface area contributed by atoms with E-state index in [-0.39, 0.29) is 17.3 Å². The lowest BCUT2D eigenvalue weighted by Gasteiger charge is -2.09. The summed E-state index contributed by atoms with van der Waals surface area (Å²) in [6.07, 6.45) is 2.98. The summed E-state index contributed by atoms with van der Waals surface area (Å²) in [7, 11) is -0.647. The third-order valence-corrected chi connectivity index (χ3v) is 4.52. The number of carbonyl (C=O) groups excluding carboxylic acids is 1. The molecule has 0 aliphatic carbocycles. The first-order chi connectivity index (χ1) is 12.3. The van der Waals surface area contributed by atoms with E-state index < -0.39 is 10.0 Å². The van der Waals surface area contributed by atoms with Crippen molar-refractivity contribution in [3.8, 4) is 11.5 Å². The third-order valence-electron chi connectivity index (χ3n) is 3.59. The topological polar surface area (TPSA) is 108 Å². The van der Waals surface area contributed by atoms with Gasteiger partial charge in [-0.25, -0.2) is 13.6 Å². The number of carbonyl (C=O) groups is 1. The van der Waals surface area contributed by atoms with E-state index in [1.807, 2.05) is 0 Å². The Hall–Kier alpha value is -2.84. The summed E-state index contributed by atoms with van der Waals surface area (Å²) < 4.78 is 33.0. The summed E-state index contributed by atoms with van der Waals surface area (Å²) in [5.41, 5.74) is 1.40. The summed E-state index contributed by atoms with van der Waals surface area (Å²) in [6, 6.07) is 11.3. The molecule has 3 N–H and O–H groups in total. The third kappa shape index (κ3) is 5.08. The first kappa shape index (κ1) is 19.5. The van der Waals surface area contributed by atoms with E-state index in [0.717, 1.165) is 5.56 Å². The fourth-order valence-electron chi connectivity index (χ4n) is 2.25. The number of amides is 1. The molecule has 138 valence electrons. The van der Waals surface area contributed by atoms with Crippen molar-refractivity contribution in [2.45, 2.75) is 11.4 Å². The standard InChI is InChI=1S/C18H20N2O5S/c1-24-16-4-3-5-17(25-2)15(16)10-11-18(21)20-12-13-6-8-14(9-7-13)26(19,22)23/h3-11H,12H2,1-2H3,(H,20,21)(H2,19,22,23)/b11-10+. The van der Waals surface area contributed by atoms with Crippen LogP contribution < -0.4 is 19.9 Å². The van der Waals surface area contributed by atoms with Gasteiger partial charge in [-0.05, 0) is 35.9 Å². The molecule has 0 spiro atoms. The summed E-state index contributed by atoms with van der Waals surface area (Å²) in [5, 5.41) is 7.76. The summed E-state index contributed by atoms with van der Waals surface area (Å²) in [6.45, 7) is 0.247. The second-order valence-electron chi connectivity index (χ2n) is 5.32. The molecule has 8 heteroatoms. The second kappa shape index (κ2) is 8.50. The lowest BCUT2D eigenvalue weighted by molar-refractivity contribution is -0.116. The van der Waals surface area contributed by atoms with E-state index in [1.165, 1.54) is 32.4 Å². The van der Waals surface area contributed by atoms with E-state index in [2.05, 4.69) is 5.32 Å². The Bertz CT molecular complexity index is 883. The van der Waals surface area contributed by atoms with Gasteiger partial charge in [0.15, 0.2) is 0 Å². The molecule has 0 saturated heterocycles. The molecule has 0 atom stereocenters. The highest BCUT2D eigenvalue weighted by Gasteiger charge is 2.08. The first-order valence-electron chi connectivity index (χ1n) is 7.64. The zero-order valence-corrected chi connectivity index (χ0v) is 15.2. The SMILES string of the molecule is COc1cccc(OC)c1/C=C/C(=O)NCc1ccc(S(N)(=O)=O)cc1. The van der Waals surface area contributed by atoms with Gasteiger partial charge in [0.25, 0.3) is 0 Å². The number of ether oxygens (including phenoxy) is 2. The van der Waals surface area contributed by atoms with Gasteiger partial charge in [0.1, 0.15) is 11.5 Å². The molecule has 0 aliphatic rings. The van der Waals surface area contributed by atoms with Gasteiger partial charge in [0.2, 0.25) is 15.9 Å². The van der Waals surface area contributed by atoms with Gasteiger partial charge in [-0.1, -0.05) is 18.2 Å². The van der Waals surface area contributed by atoms with Crippen molar-refractivity contribution in [1.82, 2.24) is 5.32 Å². The van der Waals surface area contributed by atoms with E-state index in [9.17, 15) is 13.2 Å². The fourth-order valence-corrected chi connectivity index (χ4v) is 2.76. The quantitative estimate of drug-likeness (QED) is 0.715. The molecule has 2 aromatic carbocycles. The van der Waals surface area contributed by atoms with Crippen LogP contribution in [-0.2, 0) is 21.4 Å². The van der Waals surface area contributed by atoms with Crippen LogP contribution in [0.25, 0.3) is 6.08 Å². The van der Waals surface area contributed by atoms with Crippen LogP contribution in [0.5, 0.6) is 11.5 Å². The number of nitrogens with two attached hydrogens (primary N) is 1. The van der Waals surface area contributed by atoms with Gasteiger partial charge < -0.3 is 14.8 Å².